The summed E-state index contributed by atoms with van der Waals surface area (Å²) in [4.78, 5) is 18.0. The van der Waals surface area contributed by atoms with Crippen molar-refractivity contribution in [2.24, 2.45) is 0 Å². The van der Waals surface area contributed by atoms with E-state index in [4.69, 9.17) is 19.7 Å². The van der Waals surface area contributed by atoms with Crippen LogP contribution in [0.5, 0.6) is 17.2 Å². The van der Waals surface area contributed by atoms with Gasteiger partial charge in [0.05, 0.1) is 19.8 Å². The molecule has 48 heavy (non-hydrogen) atoms. The van der Waals surface area contributed by atoms with Crippen molar-refractivity contribution in [1.29, 1.82) is 10.5 Å². The fourth-order valence-electron chi connectivity index (χ4n) is 5.72. The molecule has 4 aromatic rings. The number of halogens is 1. The van der Waals surface area contributed by atoms with E-state index in [1.165, 1.54) is 44.6 Å². The summed E-state index contributed by atoms with van der Waals surface area (Å²) < 4.78 is 25.8. The molecule has 12 heteroatoms. The molecule has 1 fully saturated rings. The predicted molar refractivity (Wildman–Crippen MR) is 177 cm³/mol. The Bertz CT molecular complexity index is 1930. The first-order valence-corrected chi connectivity index (χ1v) is 15.1. The molecule has 0 unspecified atom stereocenters. The van der Waals surface area contributed by atoms with Gasteiger partial charge in [0.1, 0.15) is 35.1 Å². The molecule has 1 saturated heterocycles. The van der Waals surface area contributed by atoms with Gasteiger partial charge in [-0.25, -0.2) is 14.9 Å². The number of methoxy groups -OCH3 is 2. The molecule has 244 valence electrons. The summed E-state index contributed by atoms with van der Waals surface area (Å²) in [6.07, 6.45) is 6.01. The molecule has 0 atom stereocenters. The molecule has 2 heterocycles. The van der Waals surface area contributed by atoms with Crippen LogP contribution >= 0.6 is 0 Å². The van der Waals surface area contributed by atoms with Gasteiger partial charge in [0, 0.05) is 60.7 Å². The molecule has 1 aliphatic rings. The van der Waals surface area contributed by atoms with Crippen molar-refractivity contribution in [2.45, 2.75) is 25.4 Å². The van der Waals surface area contributed by atoms with Crippen LogP contribution in [0.25, 0.3) is 28.3 Å². The summed E-state index contributed by atoms with van der Waals surface area (Å²) in [5.74, 6) is -0.471. The lowest BCUT2D eigenvalue weighted by Gasteiger charge is -2.34. The van der Waals surface area contributed by atoms with Crippen molar-refractivity contribution < 1.29 is 29.0 Å². The van der Waals surface area contributed by atoms with E-state index < -0.39 is 11.7 Å². The van der Waals surface area contributed by atoms with Crippen LogP contribution in [-0.2, 0) is 11.3 Å². The Morgan fingerprint density at radius 3 is 2.40 bits per heavy atom. The Hall–Kier alpha value is -5.95. The Morgan fingerprint density at radius 2 is 1.77 bits per heavy atom. The molecule has 0 spiro atoms. The van der Waals surface area contributed by atoms with Gasteiger partial charge >= 0.3 is 0 Å². The van der Waals surface area contributed by atoms with Gasteiger partial charge in [-0.3, -0.25) is 10.0 Å². The summed E-state index contributed by atoms with van der Waals surface area (Å²) in [6, 6.07) is 19.2. The molecule has 0 saturated carbocycles. The molecule has 0 aliphatic carbocycles. The van der Waals surface area contributed by atoms with Gasteiger partial charge in [0.15, 0.2) is 11.5 Å². The molecule has 4 N–H and O–H groups in total. The van der Waals surface area contributed by atoms with Gasteiger partial charge in [-0.15, -0.1) is 0 Å². The number of amides is 1. The molecular weight excluding hydrogens is 615 g/mol. The smallest absolute Gasteiger partial charge is 0.267 e. The van der Waals surface area contributed by atoms with Crippen LogP contribution in [0, 0.1) is 28.5 Å². The van der Waals surface area contributed by atoms with E-state index in [1.807, 2.05) is 35.2 Å². The van der Waals surface area contributed by atoms with Crippen LogP contribution in [0.2, 0.25) is 0 Å². The van der Waals surface area contributed by atoms with Crippen molar-refractivity contribution in [1.82, 2.24) is 15.8 Å². The normalized spacial score (nSPS) is 13.2. The minimum Gasteiger partial charge on any atom is -0.504 e. The number of pyridine rings is 1. The first kappa shape index (κ1) is 33.4. The van der Waals surface area contributed by atoms with Gasteiger partial charge in [-0.2, -0.15) is 10.5 Å². The molecule has 11 nitrogen and oxygen atoms in total. The fraction of sp³-hybridized carbons (Fsp3) is 0.222. The van der Waals surface area contributed by atoms with Gasteiger partial charge in [-0.1, -0.05) is 30.3 Å². The van der Waals surface area contributed by atoms with Crippen LogP contribution in [0.4, 0.5) is 10.2 Å². The lowest BCUT2D eigenvalue weighted by atomic mass is 9.90. The number of piperidine rings is 1. The second kappa shape index (κ2) is 15.1. The minimum atomic E-state index is -0.722. The molecule has 0 radical (unpaired) electrons. The van der Waals surface area contributed by atoms with Gasteiger partial charge < -0.3 is 24.8 Å². The van der Waals surface area contributed by atoms with Crippen LogP contribution in [0.1, 0.15) is 35.1 Å². The number of anilines is 1. The average Bonchev–Trinajstić information content (AvgIpc) is 3.12. The van der Waals surface area contributed by atoms with Gasteiger partial charge in [-0.05, 0) is 53.8 Å². The molecule has 1 amide bonds. The van der Waals surface area contributed by atoms with E-state index in [2.05, 4.69) is 11.4 Å². The van der Waals surface area contributed by atoms with Gasteiger partial charge in [0.2, 0.25) is 0 Å². The Balaban J connectivity index is 1.41. The van der Waals surface area contributed by atoms with Crippen LogP contribution in [0.15, 0.2) is 66.9 Å². The van der Waals surface area contributed by atoms with Crippen molar-refractivity contribution in [3.05, 3.63) is 94.9 Å². The first-order chi connectivity index (χ1) is 23.3. The average molecular weight is 649 g/mol. The number of rotatable bonds is 10. The van der Waals surface area contributed by atoms with Crippen molar-refractivity contribution in [3.8, 4) is 51.6 Å². The van der Waals surface area contributed by atoms with Gasteiger partial charge in [0.25, 0.3) is 5.91 Å². The zero-order chi connectivity index (χ0) is 34.2. The van der Waals surface area contributed by atoms with Crippen LogP contribution < -0.4 is 25.2 Å². The van der Waals surface area contributed by atoms with E-state index in [-0.39, 0.29) is 28.7 Å². The molecular formula is C36H33FN6O5. The van der Waals surface area contributed by atoms with Crippen LogP contribution in [-0.4, -0.2) is 54.6 Å². The van der Waals surface area contributed by atoms with E-state index in [9.17, 15) is 24.8 Å². The number of carbonyl (C=O) groups excluding carboxylic acids is 1. The number of hydrogen-bond donors (Lipinski definition) is 4. The fourth-order valence-corrected chi connectivity index (χ4v) is 5.72. The summed E-state index contributed by atoms with van der Waals surface area (Å²) in [7, 11) is 2.89. The summed E-state index contributed by atoms with van der Waals surface area (Å²) in [5, 5.41) is 42.7. The number of nitriles is 2. The summed E-state index contributed by atoms with van der Waals surface area (Å²) in [5.41, 5.74) is 5.18. The number of nitrogens with zero attached hydrogens (tertiary/aromatic N) is 4. The summed E-state index contributed by atoms with van der Waals surface area (Å²) >= 11 is 0. The third-order valence-corrected chi connectivity index (χ3v) is 8.25. The monoisotopic (exact) mass is 648 g/mol. The number of aromatic hydroxyl groups is 1. The van der Waals surface area contributed by atoms with E-state index in [1.54, 1.807) is 23.8 Å². The largest absolute Gasteiger partial charge is 0.504 e. The van der Waals surface area contributed by atoms with E-state index in [0.29, 0.717) is 53.5 Å². The molecule has 1 aromatic heterocycles. The highest BCUT2D eigenvalue weighted by Gasteiger charge is 2.27. The third-order valence-electron chi connectivity index (χ3n) is 8.25. The molecule has 0 bridgehead atoms. The zero-order valence-electron chi connectivity index (χ0n) is 26.3. The molecule has 3 aromatic carbocycles. The summed E-state index contributed by atoms with van der Waals surface area (Å²) in [6.45, 7) is 1.87. The topological polar surface area (TPSA) is 164 Å². The maximum absolute atomic E-state index is 15.0. The highest BCUT2D eigenvalue weighted by Crippen LogP contribution is 2.45. The Morgan fingerprint density at radius 1 is 1.04 bits per heavy atom. The van der Waals surface area contributed by atoms with Crippen molar-refractivity contribution >= 4 is 17.8 Å². The number of ether oxygens (including phenoxy) is 2. The number of phenolic OH excluding ortho intramolecular Hbond substituents is 1. The highest BCUT2D eigenvalue weighted by atomic mass is 19.1. The van der Waals surface area contributed by atoms with Crippen molar-refractivity contribution in [2.75, 3.05) is 32.2 Å². The SMILES string of the molecule is COc1cc(OC)c(-c2cnc(N3CCC(NCc4ccc(/C=C/C(=O)NO)cc4)CC3)c(C#N)c2-c2ccc(C#N)c(F)c2)cc1O. The Labute approximate surface area is 277 Å². The number of benzene rings is 3. The second-order valence-corrected chi connectivity index (χ2v) is 11.1. The minimum absolute atomic E-state index is 0.123. The zero-order valence-corrected chi connectivity index (χ0v) is 26.3. The quantitative estimate of drug-likeness (QED) is 0.101. The third kappa shape index (κ3) is 7.21. The Kier molecular flexibility index (Phi) is 10.5. The predicted octanol–water partition coefficient (Wildman–Crippen LogP) is 5.30. The lowest BCUT2D eigenvalue weighted by Crippen LogP contribution is -2.42. The number of aromatic nitrogens is 1. The number of phenols is 1. The number of hydrogen-bond acceptors (Lipinski definition) is 10. The maximum atomic E-state index is 15.0. The van der Waals surface area contributed by atoms with Crippen LogP contribution in [0.3, 0.4) is 0 Å². The number of hydroxylamine groups is 1. The van der Waals surface area contributed by atoms with E-state index >= 15 is 0 Å². The molecule has 1 aliphatic heterocycles. The number of nitrogens with one attached hydrogen (secondary N) is 2. The highest BCUT2D eigenvalue weighted by molar-refractivity contribution is 5.93. The van der Waals surface area contributed by atoms with E-state index in [0.717, 1.165) is 24.0 Å². The number of carbonyl (C=O) groups is 1. The first-order valence-electron chi connectivity index (χ1n) is 15.1. The molecule has 5 rings (SSSR count). The maximum Gasteiger partial charge on any atom is 0.267 e. The second-order valence-electron chi connectivity index (χ2n) is 11.1. The standard InChI is InChI=1S/C36H33FN6O5/c1-47-32-17-33(48-2)31(44)16-27(32)29-21-41-36(28(19-39)35(29)24-8-9-25(18-38)30(37)15-24)43-13-11-26(12-14-43)40-20-23-5-3-22(4-6-23)7-10-34(45)42-46/h3-10,15-17,21,26,40,44,46H,11-14,20H2,1-2H3,(H,42,45)/b10-7+. The van der Waals surface area contributed by atoms with Crippen molar-refractivity contribution in [3.63, 3.8) is 0 Å². The lowest BCUT2D eigenvalue weighted by molar-refractivity contribution is -0.124.